The zero-order chi connectivity index (χ0) is 7.82. The fourth-order valence-corrected chi connectivity index (χ4v) is 0.478. The van der Waals surface area contributed by atoms with Gasteiger partial charge in [0, 0.05) is 0 Å². The van der Waals surface area contributed by atoms with E-state index in [9.17, 15) is 0 Å². The molecule has 1 aromatic rings. The van der Waals surface area contributed by atoms with Gasteiger partial charge in [-0.15, -0.1) is 12.1 Å². The Morgan fingerprint density at radius 1 is 1.10 bits per heavy atom. The summed E-state index contributed by atoms with van der Waals surface area (Å²) in [6.45, 7) is 3.72. The second-order valence-electron chi connectivity index (χ2n) is 1.57. The van der Waals surface area contributed by atoms with Gasteiger partial charge in [-0.2, -0.15) is 24.6 Å². The molecule has 0 N–H and O–H groups in total. The zero-order valence-corrected chi connectivity index (χ0v) is 6.97. The van der Waals surface area contributed by atoms with Crippen molar-refractivity contribution in [3.8, 4) is 0 Å². The molecule has 3 heteroatoms. The molecular formula is C7H7O2Ti-. The Kier molecular flexibility index (Phi) is 6.13. The van der Waals surface area contributed by atoms with Crippen LogP contribution in [0.2, 0.25) is 0 Å². The van der Waals surface area contributed by atoms with Crippen LogP contribution >= 0.6 is 0 Å². The van der Waals surface area contributed by atoms with Gasteiger partial charge in [0.15, 0.2) is 0 Å². The zero-order valence-electron chi connectivity index (χ0n) is 5.41. The van der Waals surface area contributed by atoms with Gasteiger partial charge in [-0.3, -0.25) is 0 Å². The Morgan fingerprint density at radius 2 is 1.50 bits per heavy atom. The summed E-state index contributed by atoms with van der Waals surface area (Å²) in [6, 6.07) is 9.87. The molecule has 52 valence electrons. The van der Waals surface area contributed by atoms with Crippen molar-refractivity contribution in [2.75, 3.05) is 0 Å². The molecule has 0 spiro atoms. The number of rotatable bonds is 0. The average molecular weight is 171 g/mol. The molecule has 0 aromatic heterocycles. The van der Waals surface area contributed by atoms with Gasteiger partial charge < -0.3 is 0 Å². The van der Waals surface area contributed by atoms with Crippen LogP contribution in [0.4, 0.5) is 0 Å². The number of hydrogen-bond acceptors (Lipinski definition) is 2. The van der Waals surface area contributed by atoms with Crippen LogP contribution in [0.1, 0.15) is 5.56 Å². The van der Waals surface area contributed by atoms with Gasteiger partial charge >= 0.3 is 25.7 Å². The monoisotopic (exact) mass is 171 g/mol. The van der Waals surface area contributed by atoms with Crippen molar-refractivity contribution in [1.82, 2.24) is 0 Å². The molecule has 0 saturated carbocycles. The molecule has 0 unspecified atom stereocenters. The second-order valence-corrected chi connectivity index (χ2v) is 1.83. The fourth-order valence-electron chi connectivity index (χ4n) is 0.478. The molecule has 0 saturated heterocycles. The predicted octanol–water partition coefficient (Wildman–Crippen LogP) is 1.63. The summed E-state index contributed by atoms with van der Waals surface area (Å²) in [5.74, 6) is 0. The first-order valence-corrected chi connectivity index (χ1v) is 3.95. The van der Waals surface area contributed by atoms with Crippen molar-refractivity contribution < 1.29 is 25.7 Å². The van der Waals surface area contributed by atoms with Crippen LogP contribution in [0.25, 0.3) is 0 Å². The molecule has 0 bridgehead atoms. The topological polar surface area (TPSA) is 34.1 Å². The molecule has 0 amide bonds. The van der Waals surface area contributed by atoms with Gasteiger partial charge in [-0.1, -0.05) is 6.07 Å². The first-order valence-electron chi connectivity index (χ1n) is 2.67. The maximum absolute atomic E-state index is 8.50. The maximum atomic E-state index is 8.50. The Labute approximate surface area is 68.8 Å². The van der Waals surface area contributed by atoms with Crippen LogP contribution in [0.5, 0.6) is 0 Å². The van der Waals surface area contributed by atoms with Gasteiger partial charge in [0.2, 0.25) is 0 Å². The minimum atomic E-state index is -2.00. The van der Waals surface area contributed by atoms with E-state index in [1.54, 1.807) is 0 Å². The molecule has 0 aliphatic carbocycles. The van der Waals surface area contributed by atoms with Gasteiger partial charge in [-0.05, 0) is 0 Å². The van der Waals surface area contributed by atoms with Crippen molar-refractivity contribution >= 4 is 0 Å². The molecule has 0 fully saturated rings. The molecule has 1 rings (SSSR count). The van der Waals surface area contributed by atoms with Crippen LogP contribution in [0.15, 0.2) is 30.3 Å². The molecule has 0 atom stereocenters. The summed E-state index contributed by atoms with van der Waals surface area (Å²) in [6.07, 6.45) is 0. The van der Waals surface area contributed by atoms with E-state index in [0.717, 1.165) is 5.56 Å². The molecule has 0 radical (unpaired) electrons. The molecule has 0 heterocycles. The molecule has 0 aliphatic heterocycles. The normalized spacial score (nSPS) is 6.80. The van der Waals surface area contributed by atoms with Crippen molar-refractivity contribution in [1.29, 1.82) is 0 Å². The first kappa shape index (κ1) is 9.40. The van der Waals surface area contributed by atoms with Crippen molar-refractivity contribution in [3.63, 3.8) is 0 Å². The van der Waals surface area contributed by atoms with Crippen LogP contribution in [-0.2, 0) is 25.7 Å². The summed E-state index contributed by atoms with van der Waals surface area (Å²) in [5, 5.41) is 0. The minimum absolute atomic E-state index is 1.07. The third-order valence-corrected chi connectivity index (χ3v) is 0.843. The number of benzene rings is 1. The van der Waals surface area contributed by atoms with E-state index in [4.69, 9.17) is 6.65 Å². The molecular weight excluding hydrogens is 164 g/mol. The van der Waals surface area contributed by atoms with E-state index in [-0.39, 0.29) is 0 Å². The van der Waals surface area contributed by atoms with Crippen LogP contribution in [0.3, 0.4) is 0 Å². The molecule has 0 aliphatic rings. The summed E-state index contributed by atoms with van der Waals surface area (Å²) in [4.78, 5) is 0. The van der Waals surface area contributed by atoms with E-state index in [1.165, 1.54) is 0 Å². The van der Waals surface area contributed by atoms with Gasteiger partial charge in [0.25, 0.3) is 0 Å². The van der Waals surface area contributed by atoms with E-state index in [1.807, 2.05) is 30.3 Å². The second kappa shape index (κ2) is 6.52. The van der Waals surface area contributed by atoms with Crippen LogP contribution in [0, 0.1) is 6.92 Å². The quantitative estimate of drug-likeness (QED) is 0.439. The summed E-state index contributed by atoms with van der Waals surface area (Å²) in [5.41, 5.74) is 1.07. The van der Waals surface area contributed by atoms with Crippen LogP contribution < -0.4 is 0 Å². The van der Waals surface area contributed by atoms with E-state index in [0.29, 0.717) is 0 Å². The molecule has 1 aromatic carbocycles. The Balaban J connectivity index is 0.000000236. The van der Waals surface area contributed by atoms with E-state index < -0.39 is 19.1 Å². The van der Waals surface area contributed by atoms with Crippen molar-refractivity contribution in [2.45, 2.75) is 0 Å². The fraction of sp³-hybridized carbons (Fsp3) is 0. The standard InChI is InChI=1S/C7H7.2O.Ti/c1-7-5-3-2-4-6-7;;;/h2-6H,1H2;;;/q-1;;;. The van der Waals surface area contributed by atoms with E-state index in [2.05, 4.69) is 6.92 Å². The SMILES string of the molecule is [CH2-]c1ccccc1.[O]=[Ti]=[O]. The third kappa shape index (κ3) is 5.54. The van der Waals surface area contributed by atoms with E-state index >= 15 is 0 Å². The van der Waals surface area contributed by atoms with Gasteiger partial charge in [-0.25, -0.2) is 0 Å². The summed E-state index contributed by atoms with van der Waals surface area (Å²) >= 11 is -2.00. The molecule has 2 nitrogen and oxygen atoms in total. The van der Waals surface area contributed by atoms with Gasteiger partial charge in [0.1, 0.15) is 0 Å². The third-order valence-electron chi connectivity index (χ3n) is 0.843. The number of hydrogen-bond donors (Lipinski definition) is 0. The van der Waals surface area contributed by atoms with Crippen molar-refractivity contribution in [3.05, 3.63) is 42.8 Å². The average Bonchev–Trinajstić information content (AvgIpc) is 1.91. The Hall–Kier alpha value is -0.596. The molecule has 10 heavy (non-hydrogen) atoms. The Bertz CT molecular complexity index is 202. The first-order chi connectivity index (χ1) is 4.81. The predicted molar refractivity (Wildman–Crippen MR) is 32.3 cm³/mol. The summed E-state index contributed by atoms with van der Waals surface area (Å²) < 4.78 is 17.0. The summed E-state index contributed by atoms with van der Waals surface area (Å²) in [7, 11) is 0. The van der Waals surface area contributed by atoms with Crippen molar-refractivity contribution in [2.24, 2.45) is 0 Å². The van der Waals surface area contributed by atoms with Crippen LogP contribution in [-0.4, -0.2) is 0 Å². The Morgan fingerprint density at radius 3 is 1.70 bits per heavy atom. The van der Waals surface area contributed by atoms with Gasteiger partial charge in [0.05, 0.1) is 0 Å².